The molecule has 8 nitrogen and oxygen atoms in total. The predicted molar refractivity (Wildman–Crippen MR) is 135 cm³/mol. The van der Waals surface area contributed by atoms with Gasteiger partial charge >= 0.3 is 0 Å². The fourth-order valence-corrected chi connectivity index (χ4v) is 5.36. The fourth-order valence-electron chi connectivity index (χ4n) is 5.36. The van der Waals surface area contributed by atoms with Crippen LogP contribution in [0.1, 0.15) is 50.7 Å². The molecule has 0 atom stereocenters. The minimum atomic E-state index is -0.649. The summed E-state index contributed by atoms with van der Waals surface area (Å²) >= 11 is 0. The van der Waals surface area contributed by atoms with Gasteiger partial charge in [-0.05, 0) is 44.0 Å². The van der Waals surface area contributed by atoms with E-state index >= 15 is 4.39 Å². The lowest BCUT2D eigenvalue weighted by Gasteiger charge is -2.28. The molecule has 190 valence electrons. The van der Waals surface area contributed by atoms with E-state index in [1.54, 1.807) is 12.1 Å². The topological polar surface area (TPSA) is 88.8 Å². The lowest BCUT2D eigenvalue weighted by atomic mass is 10.0. The number of rotatable bonds is 4. The molecule has 3 aromatic heterocycles. The van der Waals surface area contributed by atoms with Gasteiger partial charge in [0.05, 0.1) is 11.7 Å². The van der Waals surface area contributed by atoms with E-state index in [1.165, 1.54) is 6.07 Å². The molecule has 2 aliphatic heterocycles. The van der Waals surface area contributed by atoms with Crippen molar-refractivity contribution in [3.63, 3.8) is 0 Å². The van der Waals surface area contributed by atoms with Crippen molar-refractivity contribution in [3.8, 4) is 11.3 Å². The van der Waals surface area contributed by atoms with Gasteiger partial charge in [0.2, 0.25) is 11.9 Å². The summed E-state index contributed by atoms with van der Waals surface area (Å²) in [7, 11) is 0. The van der Waals surface area contributed by atoms with E-state index in [-0.39, 0.29) is 28.6 Å². The Morgan fingerprint density at radius 3 is 2.76 bits per heavy atom. The molecule has 37 heavy (non-hydrogen) atoms. The van der Waals surface area contributed by atoms with Gasteiger partial charge in [-0.25, -0.2) is 28.7 Å². The number of carbonyl (C=O) groups is 1. The van der Waals surface area contributed by atoms with Crippen molar-refractivity contribution in [3.05, 3.63) is 59.2 Å². The van der Waals surface area contributed by atoms with Crippen LogP contribution in [0.4, 0.5) is 20.5 Å². The maximum atomic E-state index is 15.1. The van der Waals surface area contributed by atoms with Crippen molar-refractivity contribution >= 4 is 28.7 Å². The van der Waals surface area contributed by atoms with E-state index in [4.69, 9.17) is 0 Å². The average molecular weight is 504 g/mol. The van der Waals surface area contributed by atoms with Crippen LogP contribution in [-0.2, 0) is 29.7 Å². The van der Waals surface area contributed by atoms with E-state index < -0.39 is 11.6 Å². The molecule has 0 saturated heterocycles. The number of hydrogen-bond acceptors (Lipinski definition) is 6. The Morgan fingerprint density at radius 2 is 1.95 bits per heavy atom. The molecule has 0 radical (unpaired) electrons. The summed E-state index contributed by atoms with van der Waals surface area (Å²) in [4.78, 5) is 31.5. The average Bonchev–Trinajstić information content (AvgIpc) is 3.42. The summed E-state index contributed by atoms with van der Waals surface area (Å²) < 4.78 is 32.0. The van der Waals surface area contributed by atoms with Crippen LogP contribution in [0.15, 0.2) is 30.5 Å². The van der Waals surface area contributed by atoms with Crippen LogP contribution in [0, 0.1) is 11.6 Å². The Balaban J connectivity index is 1.32. The Hall–Kier alpha value is -3.95. The number of aromatic nitrogens is 5. The van der Waals surface area contributed by atoms with Gasteiger partial charge in [-0.15, -0.1) is 0 Å². The highest BCUT2D eigenvalue weighted by Gasteiger charge is 2.33. The van der Waals surface area contributed by atoms with Crippen LogP contribution < -0.4 is 5.32 Å². The van der Waals surface area contributed by atoms with E-state index in [2.05, 4.69) is 39.1 Å². The second kappa shape index (κ2) is 8.57. The van der Waals surface area contributed by atoms with Crippen molar-refractivity contribution in [2.45, 2.75) is 58.5 Å². The molecule has 5 heterocycles. The summed E-state index contributed by atoms with van der Waals surface area (Å²) in [5.41, 5.74) is 2.93. The third kappa shape index (κ3) is 4.00. The fraction of sp³-hybridized carbons (Fsp3) is 0.370. The van der Waals surface area contributed by atoms with Crippen LogP contribution >= 0.6 is 0 Å². The van der Waals surface area contributed by atoms with Gasteiger partial charge < -0.3 is 14.8 Å². The molecule has 0 saturated carbocycles. The number of aryl methyl sites for hydroxylation is 1. The summed E-state index contributed by atoms with van der Waals surface area (Å²) in [5.74, 6) is 0.472. The lowest BCUT2D eigenvalue weighted by molar-refractivity contribution is -0.131. The summed E-state index contributed by atoms with van der Waals surface area (Å²) in [6.07, 6.45) is 3.88. The van der Waals surface area contributed by atoms with Gasteiger partial charge in [0, 0.05) is 49.1 Å². The Labute approximate surface area is 212 Å². The van der Waals surface area contributed by atoms with Crippen LogP contribution in [0.5, 0.6) is 0 Å². The third-order valence-electron chi connectivity index (χ3n) is 7.31. The number of fused-ring (bicyclic) bond motifs is 4. The van der Waals surface area contributed by atoms with Gasteiger partial charge in [-0.3, -0.25) is 4.79 Å². The number of hydrogen-bond donors (Lipinski definition) is 1. The summed E-state index contributed by atoms with van der Waals surface area (Å²) in [6.45, 7) is 7.20. The van der Waals surface area contributed by atoms with E-state index in [0.29, 0.717) is 42.8 Å². The Bertz CT molecular complexity index is 1560. The maximum Gasteiger partial charge on any atom is 0.229 e. The second-order valence-corrected chi connectivity index (χ2v) is 10.2. The van der Waals surface area contributed by atoms with E-state index in [0.717, 1.165) is 36.1 Å². The number of carbonyl (C=O) groups excluding carboxylic acids is 1. The molecular weight excluding hydrogens is 476 g/mol. The Kier molecular flexibility index (Phi) is 5.43. The first-order chi connectivity index (χ1) is 17.7. The number of pyridine rings is 1. The highest BCUT2D eigenvalue weighted by Crippen LogP contribution is 2.38. The van der Waals surface area contributed by atoms with Crippen molar-refractivity contribution in [1.29, 1.82) is 0 Å². The van der Waals surface area contributed by atoms with Crippen LogP contribution in [-0.4, -0.2) is 41.9 Å². The summed E-state index contributed by atoms with van der Waals surface area (Å²) in [5, 5.41) is 3.05. The van der Waals surface area contributed by atoms with E-state index in [9.17, 15) is 9.18 Å². The number of nitrogens with zero attached hydrogens (tertiary/aromatic N) is 6. The third-order valence-corrected chi connectivity index (χ3v) is 7.31. The molecule has 0 bridgehead atoms. The zero-order chi connectivity index (χ0) is 25.9. The largest absolute Gasteiger partial charge is 0.338 e. The maximum absolute atomic E-state index is 15.1. The van der Waals surface area contributed by atoms with Crippen molar-refractivity contribution in [2.75, 3.05) is 11.9 Å². The molecule has 2 aliphatic rings. The number of benzene rings is 1. The molecule has 0 spiro atoms. The minimum Gasteiger partial charge on any atom is -0.338 e. The molecular formula is C27H27F2N7O. The van der Waals surface area contributed by atoms with E-state index in [1.807, 2.05) is 22.5 Å². The normalized spacial score (nSPS) is 16.1. The van der Waals surface area contributed by atoms with Crippen LogP contribution in [0.2, 0.25) is 0 Å². The SMILES string of the molecule is CCC(=O)N1CCc2nc(Nc3ncc(F)c(-c4cc(F)c5nc6n(c5c4)C(C)(C)CC6)n3)ccc2C1. The van der Waals surface area contributed by atoms with Gasteiger partial charge in [0.25, 0.3) is 0 Å². The molecule has 1 amide bonds. The first-order valence-electron chi connectivity index (χ1n) is 12.5. The van der Waals surface area contributed by atoms with Crippen molar-refractivity contribution in [2.24, 2.45) is 0 Å². The van der Waals surface area contributed by atoms with Crippen molar-refractivity contribution in [1.82, 2.24) is 29.4 Å². The monoisotopic (exact) mass is 503 g/mol. The second-order valence-electron chi connectivity index (χ2n) is 10.2. The minimum absolute atomic E-state index is 0.00340. The highest BCUT2D eigenvalue weighted by atomic mass is 19.1. The highest BCUT2D eigenvalue weighted by molar-refractivity contribution is 5.83. The smallest absolute Gasteiger partial charge is 0.229 e. The molecule has 10 heteroatoms. The van der Waals surface area contributed by atoms with Gasteiger partial charge in [-0.2, -0.15) is 0 Å². The Morgan fingerprint density at radius 1 is 1.11 bits per heavy atom. The molecule has 4 aromatic rings. The lowest BCUT2D eigenvalue weighted by Crippen LogP contribution is -2.35. The van der Waals surface area contributed by atoms with Gasteiger partial charge in [0.15, 0.2) is 11.6 Å². The molecule has 6 rings (SSSR count). The van der Waals surface area contributed by atoms with Crippen LogP contribution in [0.3, 0.4) is 0 Å². The van der Waals surface area contributed by atoms with Gasteiger partial charge in [-0.1, -0.05) is 13.0 Å². The first kappa shape index (κ1) is 23.4. The number of nitrogens with one attached hydrogen (secondary N) is 1. The number of anilines is 2. The zero-order valence-electron chi connectivity index (χ0n) is 21.0. The molecule has 1 N–H and O–H groups in total. The quantitative estimate of drug-likeness (QED) is 0.427. The van der Waals surface area contributed by atoms with Crippen molar-refractivity contribution < 1.29 is 13.6 Å². The molecule has 0 unspecified atom stereocenters. The molecule has 0 aliphatic carbocycles. The predicted octanol–water partition coefficient (Wildman–Crippen LogP) is 4.89. The number of amides is 1. The number of imidazole rings is 1. The zero-order valence-corrected chi connectivity index (χ0v) is 21.0. The molecule has 1 aromatic carbocycles. The summed E-state index contributed by atoms with van der Waals surface area (Å²) in [6, 6.07) is 6.73. The van der Waals surface area contributed by atoms with Crippen LogP contribution in [0.25, 0.3) is 22.3 Å². The molecule has 0 fully saturated rings. The van der Waals surface area contributed by atoms with Gasteiger partial charge in [0.1, 0.15) is 22.9 Å². The standard InChI is InChI=1S/C27H27F2N7O/c1-4-23(37)35-10-8-19-15(14-35)5-6-21(31-19)32-26-30-13-18(29)24(34-26)16-11-17(28)25-20(12-16)36-22(33-25)7-9-27(36,2)3/h5-6,11-13H,4,7-10,14H2,1-3H3,(H,30,31,32,34). The number of halogens is 2. The first-order valence-corrected chi connectivity index (χ1v) is 12.5.